The predicted molar refractivity (Wildman–Crippen MR) is 36.3 cm³/mol. The van der Waals surface area contributed by atoms with E-state index in [-0.39, 0.29) is 5.88 Å². The zero-order chi connectivity index (χ0) is 7.40. The van der Waals surface area contributed by atoms with Gasteiger partial charge in [0, 0.05) is 0 Å². The van der Waals surface area contributed by atoms with Crippen molar-refractivity contribution in [3.63, 3.8) is 0 Å². The number of hydrogen-bond donors (Lipinski definition) is 0. The minimum atomic E-state index is -0.884. The van der Waals surface area contributed by atoms with Crippen LogP contribution in [0.1, 0.15) is 0 Å². The summed E-state index contributed by atoms with van der Waals surface area (Å²) in [5.74, 6) is 0.178. The molecule has 0 aliphatic carbocycles. The first-order chi connectivity index (χ1) is 4.83. The summed E-state index contributed by atoms with van der Waals surface area (Å²) >= 11 is 3.06. The third kappa shape index (κ3) is 1.91. The maximum atomic E-state index is 11.5. The van der Waals surface area contributed by atoms with Crippen molar-refractivity contribution < 1.29 is 9.13 Å². The van der Waals surface area contributed by atoms with E-state index in [1.165, 1.54) is 12.4 Å². The summed E-state index contributed by atoms with van der Waals surface area (Å²) in [4.78, 5) is 7.46. The molecule has 3 nitrogen and oxygen atoms in total. The van der Waals surface area contributed by atoms with Gasteiger partial charge in [0.05, 0.1) is 12.4 Å². The molecule has 0 radical (unpaired) electrons. The molecule has 0 saturated heterocycles. The van der Waals surface area contributed by atoms with Crippen molar-refractivity contribution in [2.24, 2.45) is 0 Å². The zero-order valence-corrected chi connectivity index (χ0v) is 6.51. The summed E-state index contributed by atoms with van der Waals surface area (Å²) in [5.41, 5.74) is 0. The highest BCUT2D eigenvalue weighted by atomic mass is 79.9. The summed E-state index contributed by atoms with van der Waals surface area (Å²) in [6, 6.07) is 0. The number of rotatable bonds is 2. The standard InChI is InChI=1S/C5H4BrFN2O/c6-4-1-8-2-5(9-4)10-3-7/h1-2H,3H2. The molecule has 0 bridgehead atoms. The second kappa shape index (κ2) is 3.46. The molecule has 5 heteroatoms. The molecule has 0 fully saturated rings. The van der Waals surface area contributed by atoms with Crippen molar-refractivity contribution in [3.05, 3.63) is 17.0 Å². The van der Waals surface area contributed by atoms with Crippen LogP contribution in [0, 0.1) is 0 Å². The van der Waals surface area contributed by atoms with Gasteiger partial charge < -0.3 is 4.74 Å². The first-order valence-corrected chi connectivity index (χ1v) is 3.28. The highest BCUT2D eigenvalue weighted by Crippen LogP contribution is 2.09. The number of nitrogens with zero attached hydrogens (tertiary/aromatic N) is 2. The van der Waals surface area contributed by atoms with Crippen LogP contribution in [0.5, 0.6) is 5.88 Å². The number of alkyl halides is 1. The first kappa shape index (κ1) is 7.40. The minimum absolute atomic E-state index is 0.178. The Hall–Kier alpha value is -0.710. The van der Waals surface area contributed by atoms with Crippen LogP contribution in [0.3, 0.4) is 0 Å². The van der Waals surface area contributed by atoms with E-state index in [9.17, 15) is 4.39 Å². The maximum Gasteiger partial charge on any atom is 0.235 e. The van der Waals surface area contributed by atoms with Gasteiger partial charge in [-0.15, -0.1) is 0 Å². The first-order valence-electron chi connectivity index (χ1n) is 2.49. The van der Waals surface area contributed by atoms with Crippen LogP contribution in [0.4, 0.5) is 4.39 Å². The molecule has 0 amide bonds. The second-order valence-corrected chi connectivity index (χ2v) is 2.25. The van der Waals surface area contributed by atoms with Gasteiger partial charge in [-0.05, 0) is 15.9 Å². The Kier molecular flexibility index (Phi) is 2.56. The monoisotopic (exact) mass is 206 g/mol. The molecule has 0 aliphatic rings. The van der Waals surface area contributed by atoms with Crippen molar-refractivity contribution in [2.45, 2.75) is 0 Å². The Labute approximate surface area is 65.4 Å². The average Bonchev–Trinajstić information content (AvgIpc) is 1.88. The molecule has 1 rings (SSSR count). The van der Waals surface area contributed by atoms with Crippen molar-refractivity contribution in [1.29, 1.82) is 0 Å². The molecular formula is C5H4BrFN2O. The quantitative estimate of drug-likeness (QED) is 0.737. The lowest BCUT2D eigenvalue weighted by Gasteiger charge is -1.97. The van der Waals surface area contributed by atoms with Gasteiger partial charge in [-0.25, -0.2) is 9.37 Å². The van der Waals surface area contributed by atoms with Crippen LogP contribution in [-0.2, 0) is 0 Å². The van der Waals surface area contributed by atoms with Gasteiger partial charge >= 0.3 is 0 Å². The fraction of sp³-hybridized carbons (Fsp3) is 0.200. The molecule has 1 aromatic heterocycles. The van der Waals surface area contributed by atoms with Crippen LogP contribution in [0.25, 0.3) is 0 Å². The lowest BCUT2D eigenvalue weighted by Crippen LogP contribution is -1.93. The van der Waals surface area contributed by atoms with E-state index in [2.05, 4.69) is 30.6 Å². The Morgan fingerprint density at radius 3 is 3.00 bits per heavy atom. The van der Waals surface area contributed by atoms with Gasteiger partial charge in [0.2, 0.25) is 12.7 Å². The highest BCUT2D eigenvalue weighted by molar-refractivity contribution is 9.10. The molecule has 0 saturated carbocycles. The predicted octanol–water partition coefficient (Wildman–Crippen LogP) is 1.54. The van der Waals surface area contributed by atoms with Crippen molar-refractivity contribution in [1.82, 2.24) is 9.97 Å². The molecule has 0 atom stereocenters. The van der Waals surface area contributed by atoms with Gasteiger partial charge in [-0.1, -0.05) is 0 Å². The average molecular weight is 207 g/mol. The van der Waals surface area contributed by atoms with Gasteiger partial charge in [-0.2, -0.15) is 0 Å². The summed E-state index contributed by atoms with van der Waals surface area (Å²) in [6.07, 6.45) is 2.83. The highest BCUT2D eigenvalue weighted by Gasteiger charge is 1.94. The van der Waals surface area contributed by atoms with E-state index in [4.69, 9.17) is 0 Å². The molecule has 1 aromatic rings. The smallest absolute Gasteiger partial charge is 0.235 e. The lowest BCUT2D eigenvalue weighted by molar-refractivity contribution is 0.183. The molecule has 0 spiro atoms. The molecule has 10 heavy (non-hydrogen) atoms. The van der Waals surface area contributed by atoms with E-state index in [0.29, 0.717) is 4.60 Å². The Morgan fingerprint density at radius 2 is 2.40 bits per heavy atom. The third-order valence-electron chi connectivity index (χ3n) is 0.785. The minimum Gasteiger partial charge on any atom is -0.445 e. The molecular weight excluding hydrogens is 203 g/mol. The van der Waals surface area contributed by atoms with E-state index < -0.39 is 6.86 Å². The lowest BCUT2D eigenvalue weighted by atomic mass is 10.7. The number of halogens is 2. The summed E-state index contributed by atoms with van der Waals surface area (Å²) in [5, 5.41) is 0. The number of hydrogen-bond acceptors (Lipinski definition) is 3. The van der Waals surface area contributed by atoms with Gasteiger partial charge in [0.25, 0.3) is 0 Å². The Bertz CT molecular complexity index is 221. The largest absolute Gasteiger partial charge is 0.445 e. The van der Waals surface area contributed by atoms with Crippen LogP contribution >= 0.6 is 15.9 Å². The van der Waals surface area contributed by atoms with Crippen LogP contribution < -0.4 is 4.74 Å². The summed E-state index contributed by atoms with van der Waals surface area (Å²) < 4.78 is 16.4. The van der Waals surface area contributed by atoms with Gasteiger partial charge in [-0.3, -0.25) is 4.98 Å². The molecule has 0 unspecified atom stereocenters. The van der Waals surface area contributed by atoms with E-state index >= 15 is 0 Å². The molecule has 54 valence electrons. The SMILES string of the molecule is FCOc1cncc(Br)n1. The zero-order valence-electron chi connectivity index (χ0n) is 4.92. The van der Waals surface area contributed by atoms with Crippen LogP contribution in [0.15, 0.2) is 17.0 Å². The van der Waals surface area contributed by atoms with Crippen molar-refractivity contribution >= 4 is 15.9 Å². The number of ether oxygens (including phenoxy) is 1. The Balaban J connectivity index is 2.75. The van der Waals surface area contributed by atoms with Crippen LogP contribution in [0.2, 0.25) is 0 Å². The number of aromatic nitrogens is 2. The van der Waals surface area contributed by atoms with Gasteiger partial charge in [0.15, 0.2) is 0 Å². The van der Waals surface area contributed by atoms with E-state index in [1.54, 1.807) is 0 Å². The van der Waals surface area contributed by atoms with E-state index in [0.717, 1.165) is 0 Å². The Morgan fingerprint density at radius 1 is 1.60 bits per heavy atom. The third-order valence-corrected chi connectivity index (χ3v) is 1.17. The summed E-state index contributed by atoms with van der Waals surface area (Å²) in [7, 11) is 0. The van der Waals surface area contributed by atoms with Crippen molar-refractivity contribution in [3.8, 4) is 5.88 Å². The molecule has 0 N–H and O–H groups in total. The maximum absolute atomic E-state index is 11.5. The normalized spacial score (nSPS) is 9.40. The second-order valence-electron chi connectivity index (χ2n) is 1.43. The van der Waals surface area contributed by atoms with E-state index in [1.807, 2.05) is 0 Å². The molecule has 0 aromatic carbocycles. The molecule has 0 aliphatic heterocycles. The topological polar surface area (TPSA) is 35.0 Å². The molecule has 1 heterocycles. The van der Waals surface area contributed by atoms with Crippen LogP contribution in [-0.4, -0.2) is 16.8 Å². The fourth-order valence-electron chi connectivity index (χ4n) is 0.451. The van der Waals surface area contributed by atoms with Crippen molar-refractivity contribution in [2.75, 3.05) is 6.86 Å². The fourth-order valence-corrected chi connectivity index (χ4v) is 0.744. The van der Waals surface area contributed by atoms with Gasteiger partial charge in [0.1, 0.15) is 4.60 Å². The summed E-state index contributed by atoms with van der Waals surface area (Å²) in [6.45, 7) is -0.884.